The maximum atomic E-state index is 15.9. The van der Waals surface area contributed by atoms with Crippen molar-refractivity contribution < 1.29 is 4.39 Å². The van der Waals surface area contributed by atoms with E-state index in [0.29, 0.717) is 16.7 Å². The lowest BCUT2D eigenvalue weighted by atomic mass is 9.95. The van der Waals surface area contributed by atoms with Crippen LogP contribution in [0.3, 0.4) is 0 Å². The third kappa shape index (κ3) is 3.98. The predicted octanol–water partition coefficient (Wildman–Crippen LogP) is 3.82. The van der Waals surface area contributed by atoms with E-state index in [4.69, 9.17) is 5.73 Å². The minimum absolute atomic E-state index is 0.0141. The summed E-state index contributed by atoms with van der Waals surface area (Å²) >= 11 is 0. The molecular weight excluding hydrogens is 433 g/mol. The molecule has 3 heterocycles. The number of H-pyrrole nitrogens is 1. The predicted molar refractivity (Wildman–Crippen MR) is 135 cm³/mol. The van der Waals surface area contributed by atoms with Crippen LogP contribution < -0.4 is 16.9 Å². The van der Waals surface area contributed by atoms with Crippen LogP contribution in [0.15, 0.2) is 69.6 Å². The Hall–Kier alpha value is -4.20. The summed E-state index contributed by atoms with van der Waals surface area (Å²) in [6.45, 7) is 3.78. The Labute approximate surface area is 195 Å². The maximum Gasteiger partial charge on any atom is 0.274 e. The molecule has 0 unspecified atom stereocenters. The number of aliphatic imine (C=N–C) groups is 1. The van der Waals surface area contributed by atoms with Gasteiger partial charge in [0.2, 0.25) is 0 Å². The van der Waals surface area contributed by atoms with Crippen LogP contribution in [0, 0.1) is 5.82 Å². The van der Waals surface area contributed by atoms with Crippen molar-refractivity contribution >= 4 is 22.7 Å². The van der Waals surface area contributed by atoms with Crippen molar-refractivity contribution in [2.45, 2.75) is 19.9 Å². The van der Waals surface area contributed by atoms with Crippen molar-refractivity contribution in [3.63, 3.8) is 0 Å². The number of rotatable bonds is 5. The lowest BCUT2D eigenvalue weighted by Crippen LogP contribution is -2.18. The van der Waals surface area contributed by atoms with E-state index in [1.807, 2.05) is 44.2 Å². The van der Waals surface area contributed by atoms with Gasteiger partial charge in [-0.05, 0) is 25.0 Å². The molecule has 0 amide bonds. The smallest absolute Gasteiger partial charge is 0.274 e. The summed E-state index contributed by atoms with van der Waals surface area (Å²) in [6.07, 6.45) is 6.00. The van der Waals surface area contributed by atoms with Gasteiger partial charge in [0.1, 0.15) is 5.52 Å². The standard InChI is InChI=1S/C26H26FN5O2/c1-15(2)29-12-17(11-28)24-23(27)22-20(14-32(4)26(34)25(22)30-24)18-10-21(33)31(3)13-19(18)16-8-6-5-7-9-16/h5-15,30H,28H2,1-4H3. The number of hydrogen-bond donors (Lipinski definition) is 2. The lowest BCUT2D eigenvalue weighted by Gasteiger charge is -2.14. The topological polar surface area (TPSA) is 98.2 Å². The molecule has 0 radical (unpaired) electrons. The molecule has 34 heavy (non-hydrogen) atoms. The third-order valence-electron chi connectivity index (χ3n) is 5.65. The summed E-state index contributed by atoms with van der Waals surface area (Å²) in [7, 11) is 3.25. The summed E-state index contributed by atoms with van der Waals surface area (Å²) in [6, 6.07) is 11.0. The molecule has 0 spiro atoms. The highest BCUT2D eigenvalue weighted by Crippen LogP contribution is 2.37. The first-order chi connectivity index (χ1) is 16.2. The van der Waals surface area contributed by atoms with Crippen molar-refractivity contribution in [2.75, 3.05) is 0 Å². The Morgan fingerprint density at radius 3 is 2.38 bits per heavy atom. The highest BCUT2D eigenvalue weighted by molar-refractivity contribution is 6.11. The molecule has 0 atom stereocenters. The van der Waals surface area contributed by atoms with Gasteiger partial charge in [-0.1, -0.05) is 30.3 Å². The zero-order valence-electron chi connectivity index (χ0n) is 19.5. The van der Waals surface area contributed by atoms with Gasteiger partial charge in [-0.25, -0.2) is 4.39 Å². The maximum absolute atomic E-state index is 15.9. The zero-order valence-corrected chi connectivity index (χ0v) is 19.5. The van der Waals surface area contributed by atoms with E-state index in [-0.39, 0.29) is 28.2 Å². The first-order valence-corrected chi connectivity index (χ1v) is 10.9. The number of nitrogens with one attached hydrogen (secondary N) is 1. The first-order valence-electron chi connectivity index (χ1n) is 10.9. The number of nitrogens with zero attached hydrogens (tertiary/aromatic N) is 3. The molecule has 0 fully saturated rings. The van der Waals surface area contributed by atoms with Gasteiger partial charge in [0.05, 0.1) is 11.1 Å². The molecule has 0 aliphatic carbocycles. The van der Waals surface area contributed by atoms with Crippen molar-refractivity contribution in [3.8, 4) is 22.3 Å². The Balaban J connectivity index is 2.09. The molecule has 0 saturated carbocycles. The largest absolute Gasteiger partial charge is 0.404 e. The zero-order chi connectivity index (χ0) is 24.6. The molecule has 4 aromatic rings. The fourth-order valence-corrected chi connectivity index (χ4v) is 3.91. The lowest BCUT2D eigenvalue weighted by molar-refractivity contribution is 0.636. The van der Waals surface area contributed by atoms with Gasteiger partial charge in [-0.2, -0.15) is 0 Å². The summed E-state index contributed by atoms with van der Waals surface area (Å²) < 4.78 is 18.8. The van der Waals surface area contributed by atoms with Crippen LogP contribution in [-0.4, -0.2) is 26.4 Å². The molecule has 0 aliphatic heterocycles. The fourth-order valence-electron chi connectivity index (χ4n) is 3.91. The van der Waals surface area contributed by atoms with Gasteiger partial charge in [-0.3, -0.25) is 14.6 Å². The number of aromatic amines is 1. The van der Waals surface area contributed by atoms with Gasteiger partial charge in [0.25, 0.3) is 11.1 Å². The molecule has 3 N–H and O–H groups in total. The molecule has 174 valence electrons. The molecule has 0 saturated heterocycles. The van der Waals surface area contributed by atoms with Crippen molar-refractivity contribution in [1.82, 2.24) is 14.1 Å². The number of halogens is 1. The second-order valence-corrected chi connectivity index (χ2v) is 8.43. The molecule has 7 nitrogen and oxygen atoms in total. The van der Waals surface area contributed by atoms with Crippen LogP contribution in [0.2, 0.25) is 0 Å². The van der Waals surface area contributed by atoms with Gasteiger partial charge in [0, 0.05) is 67.7 Å². The SMILES string of the molecule is CC(C)N=CC(=CN)c1[nH]c2c(=O)n(C)cc(-c3cc(=O)n(C)cc3-c3ccccc3)c2c1F. The van der Waals surface area contributed by atoms with E-state index in [0.717, 1.165) is 11.1 Å². The van der Waals surface area contributed by atoms with E-state index in [2.05, 4.69) is 9.98 Å². The van der Waals surface area contributed by atoms with E-state index in [9.17, 15) is 9.59 Å². The van der Waals surface area contributed by atoms with Crippen LogP contribution in [0.5, 0.6) is 0 Å². The fraction of sp³-hybridized carbons (Fsp3) is 0.192. The first kappa shape index (κ1) is 23.0. The van der Waals surface area contributed by atoms with Crippen LogP contribution in [0.1, 0.15) is 19.5 Å². The quantitative estimate of drug-likeness (QED) is 0.444. The van der Waals surface area contributed by atoms with Gasteiger partial charge in [-0.15, -0.1) is 0 Å². The average Bonchev–Trinajstić information content (AvgIpc) is 3.16. The van der Waals surface area contributed by atoms with Crippen molar-refractivity contribution in [1.29, 1.82) is 0 Å². The minimum Gasteiger partial charge on any atom is -0.404 e. The number of hydrogen-bond acceptors (Lipinski definition) is 4. The summed E-state index contributed by atoms with van der Waals surface area (Å²) in [5, 5.41) is 0.0980. The second-order valence-electron chi connectivity index (χ2n) is 8.43. The Morgan fingerprint density at radius 2 is 1.74 bits per heavy atom. The van der Waals surface area contributed by atoms with Crippen LogP contribution in [0.4, 0.5) is 4.39 Å². The third-order valence-corrected chi connectivity index (χ3v) is 5.65. The molecule has 3 aromatic heterocycles. The normalized spacial score (nSPS) is 12.4. The summed E-state index contributed by atoms with van der Waals surface area (Å²) in [4.78, 5) is 32.8. The minimum atomic E-state index is -0.630. The number of allylic oxidation sites excluding steroid dienone is 1. The van der Waals surface area contributed by atoms with Crippen LogP contribution >= 0.6 is 0 Å². The monoisotopic (exact) mass is 459 g/mol. The Kier molecular flexibility index (Phi) is 6.06. The number of aromatic nitrogens is 3. The van der Waals surface area contributed by atoms with E-state index in [1.165, 1.54) is 27.6 Å². The van der Waals surface area contributed by atoms with Crippen LogP contribution in [-0.2, 0) is 14.1 Å². The molecule has 4 rings (SSSR count). The Bertz CT molecular complexity index is 1560. The van der Waals surface area contributed by atoms with E-state index in [1.54, 1.807) is 26.5 Å². The number of pyridine rings is 2. The van der Waals surface area contributed by atoms with Crippen molar-refractivity contribution in [2.24, 2.45) is 24.8 Å². The molecule has 0 bridgehead atoms. The number of aryl methyl sites for hydroxylation is 2. The van der Waals surface area contributed by atoms with E-state index < -0.39 is 11.4 Å². The highest BCUT2D eigenvalue weighted by Gasteiger charge is 2.23. The Morgan fingerprint density at radius 1 is 1.06 bits per heavy atom. The number of benzene rings is 1. The average molecular weight is 460 g/mol. The van der Waals surface area contributed by atoms with E-state index >= 15 is 4.39 Å². The van der Waals surface area contributed by atoms with Gasteiger partial charge >= 0.3 is 0 Å². The summed E-state index contributed by atoms with van der Waals surface area (Å²) in [5.41, 5.74) is 8.14. The van der Waals surface area contributed by atoms with Crippen molar-refractivity contribution in [3.05, 3.63) is 87.2 Å². The van der Waals surface area contributed by atoms with Gasteiger partial charge < -0.3 is 19.9 Å². The number of nitrogens with two attached hydrogens (primary N) is 1. The molecule has 0 aliphatic rings. The van der Waals surface area contributed by atoms with Crippen LogP contribution in [0.25, 0.3) is 38.7 Å². The van der Waals surface area contributed by atoms with Gasteiger partial charge in [0.15, 0.2) is 5.82 Å². The summed E-state index contributed by atoms with van der Waals surface area (Å²) in [5.74, 6) is -0.630. The highest BCUT2D eigenvalue weighted by atomic mass is 19.1. The number of fused-ring (bicyclic) bond motifs is 1. The molecular formula is C26H26FN5O2. The second kappa shape index (κ2) is 8.97. The molecule has 8 heteroatoms. The molecule has 1 aromatic carbocycles.